The normalized spacial score (nSPS) is 20.2. The number of thioether (sulfide) groups is 1. The molecule has 0 saturated heterocycles. The van der Waals surface area contributed by atoms with E-state index < -0.39 is 0 Å². The van der Waals surface area contributed by atoms with Crippen LogP contribution in [-0.2, 0) is 6.42 Å². The van der Waals surface area contributed by atoms with Gasteiger partial charge in [-0.25, -0.2) is 0 Å². The zero-order valence-corrected chi connectivity index (χ0v) is 10.1. The summed E-state index contributed by atoms with van der Waals surface area (Å²) in [4.78, 5) is 6.16. The minimum absolute atomic E-state index is 0.516. The lowest BCUT2D eigenvalue weighted by Crippen LogP contribution is -2.15. The summed E-state index contributed by atoms with van der Waals surface area (Å²) in [7, 11) is 0. The maximum atomic E-state index is 4.84. The zero-order chi connectivity index (χ0) is 11.2. The van der Waals surface area contributed by atoms with Gasteiger partial charge in [0, 0.05) is 10.5 Å². The van der Waals surface area contributed by atoms with E-state index in [4.69, 9.17) is 4.99 Å². The molecule has 1 aliphatic heterocycles. The van der Waals surface area contributed by atoms with Gasteiger partial charge in [-0.1, -0.05) is 36.4 Å². The second-order valence-corrected chi connectivity index (χ2v) is 5.68. The molecule has 2 aromatic rings. The first-order chi connectivity index (χ1) is 8.42. The summed E-state index contributed by atoms with van der Waals surface area (Å²) >= 11 is 1.95. The first-order valence-electron chi connectivity index (χ1n) is 5.84. The molecule has 0 unspecified atom stereocenters. The predicted molar refractivity (Wildman–Crippen MR) is 72.4 cm³/mol. The third-order valence-electron chi connectivity index (χ3n) is 3.38. The fourth-order valence-corrected chi connectivity index (χ4v) is 3.83. The number of aliphatic imine (C=N–C) groups is 1. The van der Waals surface area contributed by atoms with E-state index in [1.807, 2.05) is 11.8 Å². The van der Waals surface area contributed by atoms with Crippen LogP contribution in [-0.4, -0.2) is 11.0 Å². The Kier molecular flexibility index (Phi) is 1.94. The Bertz CT molecular complexity index is 624. The quantitative estimate of drug-likeness (QED) is 0.678. The number of para-hydroxylation sites is 1. The number of fused-ring (bicyclic) bond motifs is 4. The van der Waals surface area contributed by atoms with Gasteiger partial charge >= 0.3 is 0 Å². The molecule has 0 radical (unpaired) electrons. The SMILES string of the molecule is c1ccc2c(c1)C[C@H]1Sc3ccccc3N=C21. The number of benzene rings is 2. The van der Waals surface area contributed by atoms with E-state index in [0.717, 1.165) is 12.1 Å². The second-order valence-electron chi connectivity index (χ2n) is 4.43. The Hall–Kier alpha value is -1.54. The van der Waals surface area contributed by atoms with Gasteiger partial charge in [-0.3, -0.25) is 4.99 Å². The molecule has 1 atom stereocenters. The van der Waals surface area contributed by atoms with Crippen LogP contribution < -0.4 is 0 Å². The summed E-state index contributed by atoms with van der Waals surface area (Å²) in [6.45, 7) is 0. The predicted octanol–water partition coefficient (Wildman–Crippen LogP) is 3.84. The van der Waals surface area contributed by atoms with Gasteiger partial charge in [0.15, 0.2) is 0 Å². The third kappa shape index (κ3) is 1.37. The average Bonchev–Trinajstić information content (AvgIpc) is 2.73. The molecule has 2 heteroatoms. The molecule has 4 rings (SSSR count). The van der Waals surface area contributed by atoms with Crippen molar-refractivity contribution in [2.45, 2.75) is 16.6 Å². The van der Waals surface area contributed by atoms with E-state index in [9.17, 15) is 0 Å². The minimum Gasteiger partial charge on any atom is -0.250 e. The molecule has 0 spiro atoms. The molecule has 82 valence electrons. The summed E-state index contributed by atoms with van der Waals surface area (Å²) in [5, 5.41) is 0.516. The molecule has 1 heterocycles. The fourth-order valence-electron chi connectivity index (χ4n) is 2.58. The Morgan fingerprint density at radius 1 is 1.00 bits per heavy atom. The van der Waals surface area contributed by atoms with Crippen molar-refractivity contribution in [3.8, 4) is 0 Å². The van der Waals surface area contributed by atoms with E-state index in [1.165, 1.54) is 21.7 Å². The van der Waals surface area contributed by atoms with Crippen molar-refractivity contribution in [1.29, 1.82) is 0 Å². The van der Waals surface area contributed by atoms with Crippen LogP contribution >= 0.6 is 11.8 Å². The van der Waals surface area contributed by atoms with Gasteiger partial charge in [-0.2, -0.15) is 0 Å². The number of hydrogen-bond acceptors (Lipinski definition) is 2. The summed E-state index contributed by atoms with van der Waals surface area (Å²) in [5.74, 6) is 0. The largest absolute Gasteiger partial charge is 0.250 e. The van der Waals surface area contributed by atoms with E-state index in [2.05, 4.69) is 48.5 Å². The smallest absolute Gasteiger partial charge is 0.0769 e. The minimum atomic E-state index is 0.516. The highest BCUT2D eigenvalue weighted by atomic mass is 32.2. The Morgan fingerprint density at radius 3 is 2.82 bits per heavy atom. The highest BCUT2D eigenvalue weighted by molar-refractivity contribution is 8.01. The van der Waals surface area contributed by atoms with Crippen LogP contribution in [0.5, 0.6) is 0 Å². The fraction of sp³-hybridized carbons (Fsp3) is 0.133. The third-order valence-corrected chi connectivity index (χ3v) is 4.65. The van der Waals surface area contributed by atoms with Gasteiger partial charge in [0.25, 0.3) is 0 Å². The topological polar surface area (TPSA) is 12.4 Å². The van der Waals surface area contributed by atoms with Crippen molar-refractivity contribution < 1.29 is 0 Å². The number of nitrogens with zero attached hydrogens (tertiary/aromatic N) is 1. The van der Waals surface area contributed by atoms with Crippen LogP contribution in [0.4, 0.5) is 5.69 Å². The van der Waals surface area contributed by atoms with Crippen LogP contribution in [0.1, 0.15) is 11.1 Å². The lowest BCUT2D eigenvalue weighted by atomic mass is 10.1. The van der Waals surface area contributed by atoms with Crippen molar-refractivity contribution in [1.82, 2.24) is 0 Å². The maximum Gasteiger partial charge on any atom is 0.0769 e. The van der Waals surface area contributed by atoms with Gasteiger partial charge in [0.1, 0.15) is 0 Å². The van der Waals surface area contributed by atoms with Crippen LogP contribution in [0.3, 0.4) is 0 Å². The van der Waals surface area contributed by atoms with Crippen LogP contribution in [0.2, 0.25) is 0 Å². The number of rotatable bonds is 0. The molecule has 0 fully saturated rings. The van der Waals surface area contributed by atoms with E-state index >= 15 is 0 Å². The van der Waals surface area contributed by atoms with E-state index in [-0.39, 0.29) is 0 Å². The monoisotopic (exact) mass is 237 g/mol. The molecule has 1 aliphatic carbocycles. The molecular weight excluding hydrogens is 226 g/mol. The molecule has 0 amide bonds. The van der Waals surface area contributed by atoms with Gasteiger partial charge in [0.2, 0.25) is 0 Å². The average molecular weight is 237 g/mol. The summed E-state index contributed by atoms with van der Waals surface area (Å²) < 4.78 is 0. The summed E-state index contributed by atoms with van der Waals surface area (Å²) in [6, 6.07) is 17.1. The number of hydrogen-bond donors (Lipinski definition) is 0. The zero-order valence-electron chi connectivity index (χ0n) is 9.26. The molecular formula is C15H11NS. The molecule has 2 aromatic carbocycles. The Morgan fingerprint density at radius 2 is 1.82 bits per heavy atom. The highest BCUT2D eigenvalue weighted by Gasteiger charge is 2.32. The molecule has 0 saturated carbocycles. The summed E-state index contributed by atoms with van der Waals surface area (Å²) in [6.07, 6.45) is 1.12. The van der Waals surface area contributed by atoms with Crippen molar-refractivity contribution >= 4 is 23.2 Å². The second kappa shape index (κ2) is 3.47. The Labute approximate surface area is 105 Å². The van der Waals surface area contributed by atoms with Crippen LogP contribution in [0.25, 0.3) is 0 Å². The molecule has 0 N–H and O–H groups in total. The first kappa shape index (κ1) is 9.49. The van der Waals surface area contributed by atoms with Crippen molar-refractivity contribution in [3.63, 3.8) is 0 Å². The van der Waals surface area contributed by atoms with Crippen molar-refractivity contribution in [2.75, 3.05) is 0 Å². The van der Waals surface area contributed by atoms with Crippen LogP contribution in [0, 0.1) is 0 Å². The first-order valence-corrected chi connectivity index (χ1v) is 6.72. The molecule has 1 nitrogen and oxygen atoms in total. The van der Waals surface area contributed by atoms with E-state index in [0.29, 0.717) is 5.25 Å². The molecule has 17 heavy (non-hydrogen) atoms. The molecule has 2 aliphatic rings. The van der Waals surface area contributed by atoms with Crippen molar-refractivity contribution in [2.24, 2.45) is 4.99 Å². The van der Waals surface area contributed by atoms with Gasteiger partial charge in [0.05, 0.1) is 16.6 Å². The molecule has 0 bridgehead atoms. The lowest BCUT2D eigenvalue weighted by molar-refractivity contribution is 1.10. The Balaban J connectivity index is 1.91. The van der Waals surface area contributed by atoms with Gasteiger partial charge < -0.3 is 0 Å². The van der Waals surface area contributed by atoms with E-state index in [1.54, 1.807) is 0 Å². The standard InChI is InChI=1S/C15H11NS/c1-2-6-11-10(5-1)9-14-15(11)16-12-7-3-4-8-13(12)17-14/h1-8,14H,9H2/t14-/m1/s1. The maximum absolute atomic E-state index is 4.84. The van der Waals surface area contributed by atoms with Crippen molar-refractivity contribution in [3.05, 3.63) is 59.7 Å². The van der Waals surface area contributed by atoms with Gasteiger partial charge in [-0.15, -0.1) is 11.8 Å². The summed E-state index contributed by atoms with van der Waals surface area (Å²) in [5.41, 5.74) is 5.18. The van der Waals surface area contributed by atoms with Crippen LogP contribution in [0.15, 0.2) is 58.4 Å². The van der Waals surface area contributed by atoms with Gasteiger partial charge in [-0.05, 0) is 24.1 Å². The lowest BCUT2D eigenvalue weighted by Gasteiger charge is -2.18. The molecule has 0 aromatic heterocycles. The highest BCUT2D eigenvalue weighted by Crippen LogP contribution is 2.43.